The van der Waals surface area contributed by atoms with Crippen LogP contribution >= 0.6 is 0 Å². The van der Waals surface area contributed by atoms with Crippen molar-refractivity contribution < 1.29 is 24.9 Å². The highest BCUT2D eigenvalue weighted by Gasteiger charge is 2.25. The predicted octanol–water partition coefficient (Wildman–Crippen LogP) is 4.65. The van der Waals surface area contributed by atoms with Crippen LogP contribution in [0.2, 0.25) is 0 Å². The summed E-state index contributed by atoms with van der Waals surface area (Å²) in [5, 5.41) is 33.1. The van der Waals surface area contributed by atoms with E-state index in [0.717, 1.165) is 36.0 Å². The number of carboxylic acids is 1. The zero-order chi connectivity index (χ0) is 22.4. The van der Waals surface area contributed by atoms with Gasteiger partial charge in [-0.3, -0.25) is 9.59 Å². The van der Waals surface area contributed by atoms with Crippen LogP contribution in [0.15, 0.2) is 30.8 Å². The number of allylic oxidation sites excluding steroid dienone is 1. The number of carboxylic acid groups (broad SMARTS) is 1. The Balaban J connectivity index is 2.70. The van der Waals surface area contributed by atoms with Gasteiger partial charge in [0, 0.05) is 0 Å². The van der Waals surface area contributed by atoms with Gasteiger partial charge in [-0.25, -0.2) is 0 Å². The molecule has 2 rings (SSSR count). The molecule has 0 atom stereocenters. The van der Waals surface area contributed by atoms with E-state index in [0.29, 0.717) is 17.5 Å². The number of amides is 1. The van der Waals surface area contributed by atoms with Gasteiger partial charge in [0.1, 0.15) is 18.0 Å². The van der Waals surface area contributed by atoms with Crippen molar-refractivity contribution in [3.05, 3.63) is 53.1 Å². The molecule has 2 aromatic rings. The monoisotopic (exact) mass is 411 g/mol. The first-order chi connectivity index (χ1) is 14.2. The SMILES string of the molecule is C=C(C)c1ccc(C)cc1-c1c(O)cc(CCCCC)c(C(=O)NCC(=O)O)c1O. The van der Waals surface area contributed by atoms with Crippen molar-refractivity contribution in [3.63, 3.8) is 0 Å². The van der Waals surface area contributed by atoms with E-state index in [1.54, 1.807) is 0 Å². The van der Waals surface area contributed by atoms with Crippen LogP contribution in [-0.4, -0.2) is 33.7 Å². The minimum absolute atomic E-state index is 0.00526. The summed E-state index contributed by atoms with van der Waals surface area (Å²) in [6.45, 7) is 9.16. The topological polar surface area (TPSA) is 107 Å². The molecule has 2 aromatic carbocycles. The number of phenols is 2. The van der Waals surface area contributed by atoms with Gasteiger partial charge in [0.25, 0.3) is 5.91 Å². The van der Waals surface area contributed by atoms with Crippen molar-refractivity contribution in [2.75, 3.05) is 6.54 Å². The summed E-state index contributed by atoms with van der Waals surface area (Å²) in [5.74, 6) is -2.37. The number of aryl methyl sites for hydroxylation is 2. The first kappa shape index (κ1) is 23.0. The largest absolute Gasteiger partial charge is 0.507 e. The van der Waals surface area contributed by atoms with E-state index < -0.39 is 18.4 Å². The fraction of sp³-hybridized carbons (Fsp3) is 0.333. The molecular formula is C24H29NO5. The summed E-state index contributed by atoms with van der Waals surface area (Å²) in [5.41, 5.74) is 3.57. The number of phenolic OH excluding ortho intramolecular Hbond substituents is 2. The number of benzene rings is 2. The van der Waals surface area contributed by atoms with Gasteiger partial charge in [0.2, 0.25) is 0 Å². The smallest absolute Gasteiger partial charge is 0.322 e. The van der Waals surface area contributed by atoms with E-state index >= 15 is 0 Å². The number of nitrogens with one attached hydrogen (secondary N) is 1. The first-order valence-corrected chi connectivity index (χ1v) is 10.0. The third kappa shape index (κ3) is 5.20. The van der Waals surface area contributed by atoms with Gasteiger partial charge in [-0.15, -0.1) is 0 Å². The molecule has 0 aliphatic carbocycles. The number of carbonyl (C=O) groups excluding carboxylic acids is 1. The third-order valence-corrected chi connectivity index (χ3v) is 4.94. The first-order valence-electron chi connectivity index (χ1n) is 10.0. The van der Waals surface area contributed by atoms with Gasteiger partial charge in [-0.2, -0.15) is 0 Å². The lowest BCUT2D eigenvalue weighted by atomic mass is 9.89. The Labute approximate surface area is 176 Å². The summed E-state index contributed by atoms with van der Waals surface area (Å²) in [7, 11) is 0. The third-order valence-electron chi connectivity index (χ3n) is 4.94. The Kier molecular flexibility index (Phi) is 7.64. The van der Waals surface area contributed by atoms with Gasteiger partial charge in [0.05, 0.1) is 11.1 Å². The Hall–Kier alpha value is -3.28. The lowest BCUT2D eigenvalue weighted by Gasteiger charge is -2.19. The van der Waals surface area contributed by atoms with Crippen molar-refractivity contribution in [2.45, 2.75) is 46.5 Å². The van der Waals surface area contributed by atoms with E-state index in [-0.39, 0.29) is 22.6 Å². The summed E-state index contributed by atoms with van der Waals surface area (Å²) in [4.78, 5) is 23.7. The summed E-state index contributed by atoms with van der Waals surface area (Å²) >= 11 is 0. The highest BCUT2D eigenvalue weighted by molar-refractivity contribution is 6.03. The van der Waals surface area contributed by atoms with Gasteiger partial charge in [-0.05, 0) is 49.4 Å². The fourth-order valence-corrected chi connectivity index (χ4v) is 3.47. The minimum Gasteiger partial charge on any atom is -0.507 e. The van der Waals surface area contributed by atoms with Crippen LogP contribution in [-0.2, 0) is 11.2 Å². The van der Waals surface area contributed by atoms with E-state index in [9.17, 15) is 19.8 Å². The van der Waals surface area contributed by atoms with E-state index in [4.69, 9.17) is 5.11 Å². The minimum atomic E-state index is -1.18. The maximum Gasteiger partial charge on any atom is 0.322 e. The van der Waals surface area contributed by atoms with E-state index in [1.165, 1.54) is 6.07 Å². The maximum atomic E-state index is 12.8. The van der Waals surface area contributed by atoms with E-state index in [2.05, 4.69) is 18.8 Å². The Morgan fingerprint density at radius 3 is 2.43 bits per heavy atom. The molecule has 30 heavy (non-hydrogen) atoms. The molecule has 0 saturated heterocycles. The predicted molar refractivity (Wildman–Crippen MR) is 118 cm³/mol. The van der Waals surface area contributed by atoms with Crippen molar-refractivity contribution in [1.82, 2.24) is 5.32 Å². The molecule has 0 saturated carbocycles. The van der Waals surface area contributed by atoms with Crippen LogP contribution < -0.4 is 5.32 Å². The van der Waals surface area contributed by atoms with Crippen LogP contribution in [0.4, 0.5) is 0 Å². The molecule has 0 aliphatic heterocycles. The summed E-state index contributed by atoms with van der Waals surface area (Å²) in [6.07, 6.45) is 3.15. The number of hydrogen-bond donors (Lipinski definition) is 4. The van der Waals surface area contributed by atoms with Gasteiger partial charge in [-0.1, -0.05) is 55.7 Å². The lowest BCUT2D eigenvalue weighted by Crippen LogP contribution is -2.30. The van der Waals surface area contributed by atoms with Gasteiger partial charge < -0.3 is 20.6 Å². The van der Waals surface area contributed by atoms with E-state index in [1.807, 2.05) is 32.0 Å². The normalized spacial score (nSPS) is 10.6. The summed E-state index contributed by atoms with van der Waals surface area (Å²) in [6, 6.07) is 7.06. The number of aliphatic carboxylic acids is 1. The Morgan fingerprint density at radius 1 is 1.13 bits per heavy atom. The standard InChI is InChI=1S/C24H29NO5/c1-5-6-7-8-16-12-19(26)22(18-11-15(4)9-10-17(18)14(2)3)23(29)21(16)24(30)25-13-20(27)28/h9-12,26,29H,2,5-8,13H2,1,3-4H3,(H,25,30)(H,27,28). The molecule has 0 unspecified atom stereocenters. The molecule has 0 fully saturated rings. The molecule has 0 spiro atoms. The van der Waals surface area contributed by atoms with Gasteiger partial charge >= 0.3 is 5.97 Å². The van der Waals surface area contributed by atoms with Crippen LogP contribution in [0.3, 0.4) is 0 Å². The summed E-state index contributed by atoms with van der Waals surface area (Å²) < 4.78 is 0. The zero-order valence-electron chi connectivity index (χ0n) is 17.7. The van der Waals surface area contributed by atoms with Crippen molar-refractivity contribution in [3.8, 4) is 22.6 Å². The van der Waals surface area contributed by atoms with Gasteiger partial charge in [0.15, 0.2) is 0 Å². The molecule has 0 heterocycles. The molecule has 0 aliphatic rings. The van der Waals surface area contributed by atoms with Crippen LogP contribution in [0.1, 0.15) is 60.2 Å². The Bertz CT molecular complexity index is 978. The van der Waals surface area contributed by atoms with Crippen LogP contribution in [0.5, 0.6) is 11.5 Å². The number of rotatable bonds is 9. The molecule has 0 radical (unpaired) electrons. The highest BCUT2D eigenvalue weighted by atomic mass is 16.4. The average molecular weight is 411 g/mol. The fourth-order valence-electron chi connectivity index (χ4n) is 3.47. The second-order valence-electron chi connectivity index (χ2n) is 7.52. The molecule has 6 heteroatoms. The quantitative estimate of drug-likeness (QED) is 0.449. The number of carbonyl (C=O) groups is 2. The number of aromatic hydroxyl groups is 2. The van der Waals surface area contributed by atoms with Crippen LogP contribution in [0.25, 0.3) is 16.7 Å². The number of hydrogen-bond acceptors (Lipinski definition) is 4. The molecule has 4 N–H and O–H groups in total. The molecular weight excluding hydrogens is 382 g/mol. The molecule has 0 bridgehead atoms. The molecule has 6 nitrogen and oxygen atoms in total. The lowest BCUT2D eigenvalue weighted by molar-refractivity contribution is -0.135. The highest BCUT2D eigenvalue weighted by Crippen LogP contribution is 2.44. The van der Waals surface area contributed by atoms with Crippen LogP contribution in [0, 0.1) is 6.92 Å². The van der Waals surface area contributed by atoms with Crippen molar-refractivity contribution >= 4 is 17.4 Å². The number of unbranched alkanes of at least 4 members (excludes halogenated alkanes) is 2. The molecule has 160 valence electrons. The second kappa shape index (κ2) is 9.96. The van der Waals surface area contributed by atoms with Crippen molar-refractivity contribution in [2.24, 2.45) is 0 Å². The molecule has 0 aromatic heterocycles. The average Bonchev–Trinajstić information content (AvgIpc) is 2.66. The molecule has 1 amide bonds. The maximum absolute atomic E-state index is 12.8. The Morgan fingerprint density at radius 2 is 1.83 bits per heavy atom. The zero-order valence-corrected chi connectivity index (χ0v) is 17.7. The van der Waals surface area contributed by atoms with Crippen molar-refractivity contribution in [1.29, 1.82) is 0 Å². The second-order valence-corrected chi connectivity index (χ2v) is 7.52.